The number of rotatable bonds is 2. The highest BCUT2D eigenvalue weighted by Crippen LogP contribution is 2.38. The number of alkyl halides is 3. The molecule has 0 aliphatic carbocycles. The van der Waals surface area contributed by atoms with Crippen LogP contribution in [0.1, 0.15) is 5.76 Å². The van der Waals surface area contributed by atoms with Crippen molar-refractivity contribution in [2.24, 2.45) is 0 Å². The molecule has 0 radical (unpaired) electrons. The van der Waals surface area contributed by atoms with Gasteiger partial charge in [-0.05, 0) is 29.8 Å². The van der Waals surface area contributed by atoms with Gasteiger partial charge >= 0.3 is 12.3 Å². The number of ether oxygens (including phenoxy) is 2. The van der Waals surface area contributed by atoms with Gasteiger partial charge in [0.15, 0.2) is 0 Å². The van der Waals surface area contributed by atoms with Gasteiger partial charge in [0.1, 0.15) is 11.3 Å². The fraction of sp³-hybridized carbons (Fsp3) is 0.238. The van der Waals surface area contributed by atoms with E-state index >= 15 is 0 Å². The van der Waals surface area contributed by atoms with E-state index in [1.165, 1.54) is 41.3 Å². The molecule has 2 heterocycles. The number of morpholine rings is 1. The summed E-state index contributed by atoms with van der Waals surface area (Å²) in [6, 6.07) is 9.08. The molecule has 1 fully saturated rings. The average molecular weight is 454 g/mol. The van der Waals surface area contributed by atoms with Gasteiger partial charge < -0.3 is 18.8 Å². The third-order valence-corrected chi connectivity index (χ3v) is 4.98. The van der Waals surface area contributed by atoms with Crippen LogP contribution in [-0.4, -0.2) is 37.3 Å². The molecule has 4 rings (SSSR count). The number of benzene rings is 2. The minimum Gasteiger partial charge on any atom is -0.450 e. The molecular weight excluding hydrogens is 439 g/mol. The fourth-order valence-corrected chi connectivity index (χ4v) is 3.35. The first kappa shape index (κ1) is 21.2. The Labute approximate surface area is 178 Å². The van der Waals surface area contributed by atoms with Crippen molar-refractivity contribution in [1.29, 1.82) is 0 Å². The number of nitrogens with zero attached hydrogens (tertiary/aromatic N) is 1. The van der Waals surface area contributed by atoms with Crippen LogP contribution in [0.2, 0.25) is 5.02 Å². The van der Waals surface area contributed by atoms with E-state index in [0.717, 1.165) is 6.07 Å². The third-order valence-electron chi connectivity index (χ3n) is 4.73. The largest absolute Gasteiger partial charge is 0.450 e. The van der Waals surface area contributed by atoms with E-state index in [1.54, 1.807) is 0 Å². The quantitative estimate of drug-likeness (QED) is 0.548. The molecule has 0 N–H and O–H groups in total. The molecule has 162 valence electrons. The zero-order chi connectivity index (χ0) is 22.2. The number of hydrogen-bond donors (Lipinski definition) is 0. The van der Waals surface area contributed by atoms with E-state index in [-0.39, 0.29) is 22.3 Å². The molecule has 1 aliphatic heterocycles. The molecule has 1 aliphatic rings. The lowest BCUT2D eigenvalue weighted by atomic mass is 10.0. The number of halogens is 4. The van der Waals surface area contributed by atoms with Gasteiger partial charge in [-0.1, -0.05) is 23.7 Å². The van der Waals surface area contributed by atoms with Gasteiger partial charge in [0.25, 0.3) is 0 Å². The van der Waals surface area contributed by atoms with Gasteiger partial charge in [-0.3, -0.25) is 4.79 Å². The summed E-state index contributed by atoms with van der Waals surface area (Å²) >= 11 is 5.80. The van der Waals surface area contributed by atoms with Crippen molar-refractivity contribution >= 4 is 28.7 Å². The van der Waals surface area contributed by atoms with Gasteiger partial charge in [-0.25, -0.2) is 4.79 Å². The zero-order valence-electron chi connectivity index (χ0n) is 15.9. The highest BCUT2D eigenvalue weighted by atomic mass is 35.5. The van der Waals surface area contributed by atoms with E-state index in [2.05, 4.69) is 0 Å². The van der Waals surface area contributed by atoms with Crippen molar-refractivity contribution in [3.63, 3.8) is 0 Å². The highest BCUT2D eigenvalue weighted by molar-refractivity contribution is 6.30. The molecule has 10 heteroatoms. The Balaban J connectivity index is 1.78. The zero-order valence-corrected chi connectivity index (χ0v) is 16.6. The standard InChI is InChI=1S/C21H15ClF3NO5/c22-13-3-1-12(2-4-13)17-18(27)15-6-5-14(11-16(15)31-19(17)21(23,24)25)30-20(28)26-7-9-29-10-8-26/h1-6,11H,7-10H2. The maximum absolute atomic E-state index is 13.7. The van der Waals surface area contributed by atoms with Gasteiger partial charge in [-0.2, -0.15) is 13.2 Å². The fourth-order valence-electron chi connectivity index (χ4n) is 3.23. The van der Waals surface area contributed by atoms with E-state index in [4.69, 9.17) is 25.5 Å². The van der Waals surface area contributed by atoms with Crippen LogP contribution in [0.15, 0.2) is 51.7 Å². The molecule has 2 aromatic carbocycles. The van der Waals surface area contributed by atoms with Crippen molar-refractivity contribution in [2.75, 3.05) is 26.3 Å². The van der Waals surface area contributed by atoms with Gasteiger partial charge in [0.05, 0.1) is 24.2 Å². The molecule has 0 unspecified atom stereocenters. The molecule has 31 heavy (non-hydrogen) atoms. The van der Waals surface area contributed by atoms with Crippen molar-refractivity contribution in [2.45, 2.75) is 6.18 Å². The summed E-state index contributed by atoms with van der Waals surface area (Å²) in [5.74, 6) is -1.48. The summed E-state index contributed by atoms with van der Waals surface area (Å²) in [4.78, 5) is 26.6. The van der Waals surface area contributed by atoms with E-state index in [0.29, 0.717) is 31.3 Å². The summed E-state index contributed by atoms with van der Waals surface area (Å²) in [5.41, 5.74) is -1.80. The first-order chi connectivity index (χ1) is 14.7. The lowest BCUT2D eigenvalue weighted by molar-refractivity contribution is -0.152. The van der Waals surface area contributed by atoms with Crippen LogP contribution in [0.5, 0.6) is 5.75 Å². The Bertz CT molecular complexity index is 1180. The molecule has 0 saturated carbocycles. The van der Waals surface area contributed by atoms with Gasteiger partial charge in [0, 0.05) is 24.2 Å². The minimum atomic E-state index is -4.93. The summed E-state index contributed by atoms with van der Waals surface area (Å²) in [6.45, 7) is 1.41. The number of fused-ring (bicyclic) bond motifs is 1. The van der Waals surface area contributed by atoms with E-state index in [9.17, 15) is 22.8 Å². The second-order valence-corrected chi connectivity index (χ2v) is 7.20. The Morgan fingerprint density at radius 1 is 1.06 bits per heavy atom. The monoisotopic (exact) mass is 453 g/mol. The van der Waals surface area contributed by atoms with Crippen LogP contribution in [0.4, 0.5) is 18.0 Å². The summed E-state index contributed by atoms with van der Waals surface area (Å²) in [6.07, 6.45) is -5.60. The molecule has 6 nitrogen and oxygen atoms in total. The Morgan fingerprint density at radius 2 is 1.74 bits per heavy atom. The maximum atomic E-state index is 13.7. The summed E-state index contributed by atoms with van der Waals surface area (Å²) in [7, 11) is 0. The number of carbonyl (C=O) groups excluding carboxylic acids is 1. The number of carbonyl (C=O) groups is 1. The van der Waals surface area contributed by atoms with Crippen molar-refractivity contribution in [3.05, 3.63) is 63.5 Å². The lowest BCUT2D eigenvalue weighted by Gasteiger charge is -2.25. The predicted octanol–water partition coefficient (Wildman–Crippen LogP) is 4.96. The van der Waals surface area contributed by atoms with Gasteiger partial charge in [0.2, 0.25) is 11.2 Å². The first-order valence-corrected chi connectivity index (χ1v) is 9.60. The first-order valence-electron chi connectivity index (χ1n) is 9.22. The molecule has 0 atom stereocenters. The Hall–Kier alpha value is -3.04. The van der Waals surface area contributed by atoms with Crippen LogP contribution >= 0.6 is 11.6 Å². The predicted molar refractivity (Wildman–Crippen MR) is 106 cm³/mol. The smallest absolute Gasteiger partial charge is 0.450 e. The molecular formula is C21H15ClF3NO5. The van der Waals surface area contributed by atoms with Crippen molar-refractivity contribution < 1.29 is 31.9 Å². The normalized spacial score (nSPS) is 14.6. The second-order valence-electron chi connectivity index (χ2n) is 6.77. The summed E-state index contributed by atoms with van der Waals surface area (Å²) in [5, 5.41) is 0.235. The van der Waals surface area contributed by atoms with Crippen LogP contribution in [0.3, 0.4) is 0 Å². The second kappa shape index (κ2) is 8.24. The van der Waals surface area contributed by atoms with Crippen LogP contribution in [0, 0.1) is 0 Å². The highest BCUT2D eigenvalue weighted by Gasteiger charge is 2.39. The van der Waals surface area contributed by atoms with Crippen LogP contribution < -0.4 is 10.2 Å². The lowest BCUT2D eigenvalue weighted by Crippen LogP contribution is -2.42. The summed E-state index contributed by atoms with van der Waals surface area (Å²) < 4.78 is 56.6. The van der Waals surface area contributed by atoms with Crippen LogP contribution in [0.25, 0.3) is 22.1 Å². The Morgan fingerprint density at radius 3 is 2.39 bits per heavy atom. The van der Waals surface area contributed by atoms with Crippen molar-refractivity contribution in [1.82, 2.24) is 4.90 Å². The minimum absolute atomic E-state index is 0.0233. The molecule has 1 amide bonds. The molecule has 0 bridgehead atoms. The topological polar surface area (TPSA) is 69.0 Å². The molecule has 1 aromatic heterocycles. The third kappa shape index (κ3) is 4.38. The Kier molecular flexibility index (Phi) is 5.63. The molecule has 3 aromatic rings. The molecule has 0 spiro atoms. The van der Waals surface area contributed by atoms with Crippen molar-refractivity contribution in [3.8, 4) is 16.9 Å². The van der Waals surface area contributed by atoms with E-state index in [1.807, 2.05) is 0 Å². The van der Waals surface area contributed by atoms with Gasteiger partial charge in [-0.15, -0.1) is 0 Å². The maximum Gasteiger partial charge on any atom is 0.450 e. The number of amides is 1. The average Bonchev–Trinajstić information content (AvgIpc) is 2.74. The number of hydrogen-bond acceptors (Lipinski definition) is 5. The van der Waals surface area contributed by atoms with E-state index < -0.39 is 29.0 Å². The SMILES string of the molecule is O=C(Oc1ccc2c(=O)c(-c3ccc(Cl)cc3)c(C(F)(F)F)oc2c1)N1CCOCC1. The molecule has 1 saturated heterocycles. The van der Waals surface area contributed by atoms with Crippen LogP contribution in [-0.2, 0) is 10.9 Å².